The zero-order valence-corrected chi connectivity index (χ0v) is 12.6. The van der Waals surface area contributed by atoms with Crippen molar-refractivity contribution >= 4 is 27.5 Å². The molecule has 0 unspecified atom stereocenters. The Hall–Kier alpha value is -0.760. The van der Waals surface area contributed by atoms with Gasteiger partial charge in [-0.25, -0.2) is 8.42 Å². The maximum absolute atomic E-state index is 12.0. The van der Waals surface area contributed by atoms with E-state index in [1.54, 1.807) is 13.0 Å². The number of aliphatic hydroxyl groups is 1. The molecular formula is C12H20N2O3S2. The number of hydrogen-bond donors (Lipinski definition) is 2. The minimum Gasteiger partial charge on any atom is -0.399 e. The van der Waals surface area contributed by atoms with Crippen LogP contribution in [0.3, 0.4) is 0 Å². The standard InChI is InChI=1S/C12H20N2O3S2/c1-2-14(6-7-15)19(16,17)9-8-18-12-5-3-4-11(13)10-12/h3-5,10,15H,2,6-9,13H2,1H3. The lowest BCUT2D eigenvalue weighted by atomic mass is 10.3. The number of nitrogens with two attached hydrogens (primary N) is 1. The van der Waals surface area contributed by atoms with Crippen LogP contribution in [-0.2, 0) is 10.0 Å². The maximum atomic E-state index is 12.0. The zero-order valence-electron chi connectivity index (χ0n) is 10.9. The summed E-state index contributed by atoms with van der Waals surface area (Å²) in [7, 11) is -3.29. The monoisotopic (exact) mass is 304 g/mol. The number of thioether (sulfide) groups is 1. The van der Waals surface area contributed by atoms with Crippen LogP contribution in [-0.4, -0.2) is 49.0 Å². The van der Waals surface area contributed by atoms with Gasteiger partial charge in [0.05, 0.1) is 12.4 Å². The molecular weight excluding hydrogens is 284 g/mol. The van der Waals surface area contributed by atoms with Crippen molar-refractivity contribution in [3.05, 3.63) is 24.3 Å². The normalized spacial score (nSPS) is 11.9. The van der Waals surface area contributed by atoms with Crippen molar-refractivity contribution in [2.75, 3.05) is 36.9 Å². The van der Waals surface area contributed by atoms with Gasteiger partial charge in [-0.2, -0.15) is 4.31 Å². The van der Waals surface area contributed by atoms with Crippen molar-refractivity contribution in [2.24, 2.45) is 0 Å². The molecule has 0 aliphatic heterocycles. The SMILES string of the molecule is CCN(CCO)S(=O)(=O)CCSc1cccc(N)c1. The number of aliphatic hydroxyl groups excluding tert-OH is 1. The van der Waals surface area contributed by atoms with E-state index < -0.39 is 10.0 Å². The lowest BCUT2D eigenvalue weighted by Gasteiger charge is -2.19. The van der Waals surface area contributed by atoms with Gasteiger partial charge >= 0.3 is 0 Å². The third kappa shape index (κ3) is 5.40. The van der Waals surface area contributed by atoms with Gasteiger partial charge in [-0.05, 0) is 18.2 Å². The van der Waals surface area contributed by atoms with Gasteiger partial charge in [0.15, 0.2) is 0 Å². The van der Waals surface area contributed by atoms with Gasteiger partial charge in [-0.15, -0.1) is 11.8 Å². The Kier molecular flexibility index (Phi) is 6.64. The molecule has 1 aromatic rings. The Bertz CT molecular complexity index is 492. The summed E-state index contributed by atoms with van der Waals surface area (Å²) in [4.78, 5) is 0.959. The van der Waals surface area contributed by atoms with E-state index in [9.17, 15) is 8.42 Å². The van der Waals surface area contributed by atoms with E-state index in [1.165, 1.54) is 16.1 Å². The van der Waals surface area contributed by atoms with Gasteiger partial charge in [0, 0.05) is 29.4 Å². The number of rotatable bonds is 8. The first kappa shape index (κ1) is 16.3. The van der Waals surface area contributed by atoms with Gasteiger partial charge in [0.25, 0.3) is 0 Å². The first-order valence-electron chi connectivity index (χ1n) is 6.06. The number of likely N-dealkylation sites (N-methyl/N-ethyl adjacent to an activating group) is 1. The molecule has 0 amide bonds. The fraction of sp³-hybridized carbons (Fsp3) is 0.500. The molecule has 108 valence electrons. The number of hydrogen-bond acceptors (Lipinski definition) is 5. The Balaban J connectivity index is 2.51. The smallest absolute Gasteiger partial charge is 0.214 e. The molecule has 0 aliphatic carbocycles. The molecule has 5 nitrogen and oxygen atoms in total. The molecule has 0 saturated carbocycles. The molecule has 1 aromatic carbocycles. The summed E-state index contributed by atoms with van der Waals surface area (Å²) in [5.41, 5.74) is 6.33. The van der Waals surface area contributed by atoms with Crippen molar-refractivity contribution in [3.63, 3.8) is 0 Å². The molecule has 0 atom stereocenters. The summed E-state index contributed by atoms with van der Waals surface area (Å²) in [5, 5.41) is 8.84. The second-order valence-corrected chi connectivity index (χ2v) is 7.21. The largest absolute Gasteiger partial charge is 0.399 e. The van der Waals surface area contributed by atoms with Crippen LogP contribution >= 0.6 is 11.8 Å². The summed E-state index contributed by atoms with van der Waals surface area (Å²) in [5.74, 6) is 0.522. The summed E-state index contributed by atoms with van der Waals surface area (Å²) in [6.07, 6.45) is 0. The van der Waals surface area contributed by atoms with E-state index in [0.717, 1.165) is 4.90 Å². The highest BCUT2D eigenvalue weighted by atomic mass is 32.2. The Morgan fingerprint density at radius 2 is 2.16 bits per heavy atom. The van der Waals surface area contributed by atoms with Crippen molar-refractivity contribution in [1.29, 1.82) is 0 Å². The second kappa shape index (κ2) is 7.74. The average molecular weight is 304 g/mol. The van der Waals surface area contributed by atoms with Crippen LogP contribution in [0.2, 0.25) is 0 Å². The van der Waals surface area contributed by atoms with Crippen LogP contribution in [0, 0.1) is 0 Å². The summed E-state index contributed by atoms with van der Waals surface area (Å²) in [6, 6.07) is 7.36. The minimum atomic E-state index is -3.29. The van der Waals surface area contributed by atoms with E-state index in [1.807, 2.05) is 18.2 Å². The van der Waals surface area contributed by atoms with Crippen molar-refractivity contribution in [2.45, 2.75) is 11.8 Å². The summed E-state index contributed by atoms with van der Waals surface area (Å²) >= 11 is 1.46. The summed E-state index contributed by atoms with van der Waals surface area (Å²) < 4.78 is 25.3. The predicted molar refractivity (Wildman–Crippen MR) is 79.7 cm³/mol. The van der Waals surface area contributed by atoms with E-state index in [4.69, 9.17) is 10.8 Å². The van der Waals surface area contributed by atoms with E-state index in [2.05, 4.69) is 0 Å². The molecule has 0 aromatic heterocycles. The quantitative estimate of drug-likeness (QED) is 0.553. The van der Waals surface area contributed by atoms with Crippen molar-refractivity contribution in [1.82, 2.24) is 4.31 Å². The van der Waals surface area contributed by atoms with Crippen LogP contribution in [0.25, 0.3) is 0 Å². The van der Waals surface area contributed by atoms with Crippen LogP contribution in [0.15, 0.2) is 29.2 Å². The van der Waals surface area contributed by atoms with Crippen LogP contribution in [0.5, 0.6) is 0 Å². The second-order valence-electron chi connectivity index (χ2n) is 3.95. The first-order valence-corrected chi connectivity index (χ1v) is 8.66. The fourth-order valence-corrected chi connectivity index (χ4v) is 4.42. The van der Waals surface area contributed by atoms with Gasteiger partial charge in [0.2, 0.25) is 10.0 Å². The number of benzene rings is 1. The first-order chi connectivity index (χ1) is 8.99. The van der Waals surface area contributed by atoms with Crippen molar-refractivity contribution < 1.29 is 13.5 Å². The van der Waals surface area contributed by atoms with Crippen molar-refractivity contribution in [3.8, 4) is 0 Å². The fourth-order valence-electron chi connectivity index (χ4n) is 1.60. The zero-order chi connectivity index (χ0) is 14.3. The average Bonchev–Trinajstić information content (AvgIpc) is 2.35. The van der Waals surface area contributed by atoms with Gasteiger partial charge < -0.3 is 10.8 Å². The molecule has 0 spiro atoms. The number of sulfonamides is 1. The van der Waals surface area contributed by atoms with Gasteiger partial charge in [0.1, 0.15) is 0 Å². The third-order valence-corrected chi connectivity index (χ3v) is 5.77. The third-order valence-electron chi connectivity index (χ3n) is 2.56. The van der Waals surface area contributed by atoms with Gasteiger partial charge in [-0.1, -0.05) is 13.0 Å². The molecule has 0 fully saturated rings. The number of nitrogens with zero attached hydrogens (tertiary/aromatic N) is 1. The van der Waals surface area contributed by atoms with Crippen LogP contribution < -0.4 is 5.73 Å². The molecule has 0 heterocycles. The number of nitrogen functional groups attached to an aromatic ring is 1. The lowest BCUT2D eigenvalue weighted by molar-refractivity contribution is 0.257. The number of anilines is 1. The molecule has 7 heteroatoms. The highest BCUT2D eigenvalue weighted by Crippen LogP contribution is 2.20. The van der Waals surface area contributed by atoms with Crippen LogP contribution in [0.4, 0.5) is 5.69 Å². The Morgan fingerprint density at radius 1 is 1.42 bits per heavy atom. The molecule has 0 aliphatic rings. The van der Waals surface area contributed by atoms with E-state index in [-0.39, 0.29) is 18.9 Å². The molecule has 0 bridgehead atoms. The molecule has 1 rings (SSSR count). The van der Waals surface area contributed by atoms with Gasteiger partial charge in [-0.3, -0.25) is 0 Å². The topological polar surface area (TPSA) is 83.6 Å². The van der Waals surface area contributed by atoms with E-state index in [0.29, 0.717) is 18.0 Å². The summed E-state index contributed by atoms with van der Waals surface area (Å²) in [6.45, 7) is 2.14. The minimum absolute atomic E-state index is 0.0559. The molecule has 0 radical (unpaired) electrons. The maximum Gasteiger partial charge on any atom is 0.214 e. The highest BCUT2D eigenvalue weighted by Gasteiger charge is 2.19. The van der Waals surface area contributed by atoms with Crippen LogP contribution in [0.1, 0.15) is 6.92 Å². The molecule has 19 heavy (non-hydrogen) atoms. The highest BCUT2D eigenvalue weighted by molar-refractivity contribution is 8.00. The predicted octanol–water partition coefficient (Wildman–Crippen LogP) is 1.00. The Labute approximate surface area is 118 Å². The molecule has 3 N–H and O–H groups in total. The molecule has 0 saturated heterocycles. The van der Waals surface area contributed by atoms with E-state index >= 15 is 0 Å². The lowest BCUT2D eigenvalue weighted by Crippen LogP contribution is -2.35. The Morgan fingerprint density at radius 3 is 2.74 bits per heavy atom.